The van der Waals surface area contributed by atoms with E-state index in [-0.39, 0.29) is 27.2 Å². The predicted octanol–water partition coefficient (Wildman–Crippen LogP) is 4.37. The van der Waals surface area contributed by atoms with Crippen molar-refractivity contribution in [1.82, 2.24) is 9.78 Å². The van der Waals surface area contributed by atoms with Gasteiger partial charge in [-0.3, -0.25) is 24.3 Å². The number of nitro groups is 1. The lowest BCUT2D eigenvalue weighted by Crippen LogP contribution is -2.25. The molecular formula is C21H22ClN5O5S. The van der Waals surface area contributed by atoms with Crippen LogP contribution in [-0.4, -0.2) is 29.0 Å². The minimum Gasteiger partial charge on any atom is -0.323 e. The van der Waals surface area contributed by atoms with Crippen molar-refractivity contribution in [2.24, 2.45) is 0 Å². The number of amides is 1. The van der Waals surface area contributed by atoms with Crippen molar-refractivity contribution in [3.8, 4) is 0 Å². The van der Waals surface area contributed by atoms with Gasteiger partial charge in [0.2, 0.25) is 5.91 Å². The van der Waals surface area contributed by atoms with Crippen LogP contribution in [0.5, 0.6) is 0 Å². The fourth-order valence-electron chi connectivity index (χ4n) is 3.23. The van der Waals surface area contributed by atoms with Crippen LogP contribution in [0.4, 0.5) is 17.1 Å². The van der Waals surface area contributed by atoms with Gasteiger partial charge < -0.3 is 5.32 Å². The molecule has 0 radical (unpaired) electrons. The molecule has 0 fully saturated rings. The minimum atomic E-state index is -4.10. The minimum absolute atomic E-state index is 0.110. The average molecular weight is 492 g/mol. The maximum Gasteiger partial charge on any atom is 0.273 e. The SMILES string of the molecule is Cc1cc(C)n([C@@H](C)C(=O)Nc2ccc(NS(=O)(=O)c3ccc(C)c([N+](=O)[O-])c3)cc2Cl)n1. The monoisotopic (exact) mass is 491 g/mol. The van der Waals surface area contributed by atoms with Crippen molar-refractivity contribution in [3.63, 3.8) is 0 Å². The molecule has 0 aliphatic carbocycles. The fourth-order valence-corrected chi connectivity index (χ4v) is 4.53. The largest absolute Gasteiger partial charge is 0.323 e. The summed E-state index contributed by atoms with van der Waals surface area (Å²) in [6, 6.07) is 9.13. The highest BCUT2D eigenvalue weighted by atomic mass is 35.5. The second kappa shape index (κ2) is 9.20. The summed E-state index contributed by atoms with van der Waals surface area (Å²) in [6.45, 7) is 6.90. The van der Waals surface area contributed by atoms with Crippen LogP contribution in [0.25, 0.3) is 0 Å². The van der Waals surface area contributed by atoms with E-state index in [1.807, 2.05) is 19.9 Å². The molecule has 2 aromatic carbocycles. The van der Waals surface area contributed by atoms with E-state index in [1.165, 1.54) is 37.3 Å². The van der Waals surface area contributed by atoms with E-state index < -0.39 is 21.0 Å². The number of nitro benzene ring substituents is 1. The summed E-state index contributed by atoms with van der Waals surface area (Å²) < 4.78 is 29.3. The Morgan fingerprint density at radius 3 is 2.42 bits per heavy atom. The fraction of sp³-hybridized carbons (Fsp3) is 0.238. The molecule has 0 spiro atoms. The highest BCUT2D eigenvalue weighted by Crippen LogP contribution is 2.29. The predicted molar refractivity (Wildman–Crippen MR) is 125 cm³/mol. The van der Waals surface area contributed by atoms with Gasteiger partial charge in [0.05, 0.1) is 31.9 Å². The molecule has 3 rings (SSSR count). The first-order valence-corrected chi connectivity index (χ1v) is 11.7. The molecule has 0 saturated heterocycles. The van der Waals surface area contributed by atoms with Crippen molar-refractivity contribution in [2.75, 3.05) is 10.0 Å². The first kappa shape index (κ1) is 24.2. The molecule has 1 amide bonds. The number of sulfonamides is 1. The van der Waals surface area contributed by atoms with Crippen LogP contribution in [0, 0.1) is 30.9 Å². The van der Waals surface area contributed by atoms with Crippen LogP contribution in [0.15, 0.2) is 47.4 Å². The molecule has 0 unspecified atom stereocenters. The van der Waals surface area contributed by atoms with Gasteiger partial charge in [-0.25, -0.2) is 8.42 Å². The zero-order valence-electron chi connectivity index (χ0n) is 18.3. The van der Waals surface area contributed by atoms with E-state index in [0.717, 1.165) is 17.5 Å². The third kappa shape index (κ3) is 5.32. The Bertz CT molecular complexity index is 1350. The molecule has 10 nitrogen and oxygen atoms in total. The van der Waals surface area contributed by atoms with Crippen LogP contribution in [0.2, 0.25) is 5.02 Å². The Kier molecular flexibility index (Phi) is 6.75. The number of carbonyl (C=O) groups excluding carboxylic acids is 1. The van der Waals surface area contributed by atoms with Gasteiger partial charge >= 0.3 is 0 Å². The Hall–Kier alpha value is -3.44. The second-order valence-corrected chi connectivity index (χ2v) is 9.63. The van der Waals surface area contributed by atoms with E-state index in [1.54, 1.807) is 11.6 Å². The van der Waals surface area contributed by atoms with Crippen molar-refractivity contribution in [3.05, 3.63) is 74.6 Å². The number of anilines is 2. The summed E-state index contributed by atoms with van der Waals surface area (Å²) in [4.78, 5) is 22.9. The highest BCUT2D eigenvalue weighted by molar-refractivity contribution is 7.92. The molecule has 0 saturated carbocycles. The third-order valence-electron chi connectivity index (χ3n) is 4.96. The lowest BCUT2D eigenvalue weighted by molar-refractivity contribution is -0.385. The first-order chi connectivity index (χ1) is 15.4. The zero-order chi connectivity index (χ0) is 24.5. The maximum absolute atomic E-state index is 12.7. The number of nitrogens with one attached hydrogen (secondary N) is 2. The summed E-state index contributed by atoms with van der Waals surface area (Å²) in [6.07, 6.45) is 0. The number of hydrogen-bond acceptors (Lipinski definition) is 6. The molecule has 12 heteroatoms. The van der Waals surface area contributed by atoms with Crippen molar-refractivity contribution in [1.29, 1.82) is 0 Å². The molecule has 1 aromatic heterocycles. The molecule has 0 aliphatic heterocycles. The van der Waals surface area contributed by atoms with E-state index >= 15 is 0 Å². The summed E-state index contributed by atoms with van der Waals surface area (Å²) in [5, 5.41) is 18.2. The van der Waals surface area contributed by atoms with Crippen LogP contribution in [0.3, 0.4) is 0 Å². The van der Waals surface area contributed by atoms with Crippen molar-refractivity contribution >= 4 is 44.6 Å². The van der Waals surface area contributed by atoms with Gasteiger partial charge in [0.1, 0.15) is 6.04 Å². The number of halogens is 1. The summed E-state index contributed by atoms with van der Waals surface area (Å²) in [5.74, 6) is -0.344. The first-order valence-electron chi connectivity index (χ1n) is 9.80. The van der Waals surface area contributed by atoms with Crippen LogP contribution >= 0.6 is 11.6 Å². The lowest BCUT2D eigenvalue weighted by Gasteiger charge is -2.16. The van der Waals surface area contributed by atoms with Gasteiger partial charge in [-0.2, -0.15) is 5.10 Å². The highest BCUT2D eigenvalue weighted by Gasteiger charge is 2.22. The molecule has 1 heterocycles. The molecule has 1 atom stereocenters. The quantitative estimate of drug-likeness (QED) is 0.372. The molecule has 0 bridgehead atoms. The average Bonchev–Trinajstić information content (AvgIpc) is 3.06. The number of carbonyl (C=O) groups is 1. The number of aryl methyl sites for hydroxylation is 3. The normalized spacial score (nSPS) is 12.3. The van der Waals surface area contributed by atoms with Crippen LogP contribution < -0.4 is 10.0 Å². The number of rotatable bonds is 7. The van der Waals surface area contributed by atoms with Gasteiger partial charge in [-0.1, -0.05) is 17.7 Å². The number of nitrogens with zero attached hydrogens (tertiary/aromatic N) is 3. The summed E-state index contributed by atoms with van der Waals surface area (Å²) in [5.41, 5.74) is 2.10. The smallest absolute Gasteiger partial charge is 0.273 e. The van der Waals surface area contributed by atoms with Gasteiger partial charge in [-0.05, 0) is 58.0 Å². The lowest BCUT2D eigenvalue weighted by atomic mass is 10.2. The van der Waals surface area contributed by atoms with E-state index in [2.05, 4.69) is 15.1 Å². The van der Waals surface area contributed by atoms with E-state index in [0.29, 0.717) is 11.3 Å². The summed E-state index contributed by atoms with van der Waals surface area (Å²) in [7, 11) is -4.10. The van der Waals surface area contributed by atoms with Gasteiger partial charge in [0.15, 0.2) is 0 Å². The standard InChI is InChI=1S/C21H22ClN5O5S/c1-12-5-7-17(11-20(12)27(29)30)33(31,32)25-16-6-8-19(18(22)10-16)23-21(28)15(4)26-14(3)9-13(2)24-26/h5-11,15,25H,1-4H3,(H,23,28)/t15-/m0/s1. The van der Waals surface area contributed by atoms with E-state index in [9.17, 15) is 23.3 Å². The van der Waals surface area contributed by atoms with Crippen LogP contribution in [-0.2, 0) is 14.8 Å². The second-order valence-electron chi connectivity index (χ2n) is 7.54. The van der Waals surface area contributed by atoms with E-state index in [4.69, 9.17) is 11.6 Å². The molecular weight excluding hydrogens is 470 g/mol. The van der Waals surface area contributed by atoms with Gasteiger partial charge in [0.25, 0.3) is 15.7 Å². The van der Waals surface area contributed by atoms with Crippen molar-refractivity contribution in [2.45, 2.75) is 38.6 Å². The summed E-state index contributed by atoms with van der Waals surface area (Å²) >= 11 is 6.26. The Morgan fingerprint density at radius 2 is 1.85 bits per heavy atom. The number of aromatic nitrogens is 2. The maximum atomic E-state index is 12.7. The van der Waals surface area contributed by atoms with Crippen molar-refractivity contribution < 1.29 is 18.1 Å². The Balaban J connectivity index is 1.78. The topological polar surface area (TPSA) is 136 Å². The Labute approximate surface area is 195 Å². The zero-order valence-corrected chi connectivity index (χ0v) is 19.9. The number of hydrogen-bond donors (Lipinski definition) is 2. The Morgan fingerprint density at radius 1 is 1.15 bits per heavy atom. The number of benzene rings is 2. The van der Waals surface area contributed by atoms with Gasteiger partial charge in [0, 0.05) is 17.3 Å². The third-order valence-corrected chi connectivity index (χ3v) is 6.65. The van der Waals surface area contributed by atoms with Crippen LogP contribution in [0.1, 0.15) is 29.9 Å². The molecule has 174 valence electrons. The van der Waals surface area contributed by atoms with Gasteiger partial charge in [-0.15, -0.1) is 0 Å². The molecule has 3 aromatic rings. The molecule has 2 N–H and O–H groups in total. The molecule has 0 aliphatic rings. The molecule has 33 heavy (non-hydrogen) atoms.